The van der Waals surface area contributed by atoms with Crippen LogP contribution in [0.15, 0.2) is 85.1 Å². The van der Waals surface area contributed by atoms with E-state index in [1.54, 1.807) is 9.58 Å². The molecule has 2 atom stereocenters. The average Bonchev–Trinajstić information content (AvgIpc) is 3.69. The smallest absolute Gasteiger partial charge is 0.407 e. The summed E-state index contributed by atoms with van der Waals surface area (Å²) in [6.45, 7) is 27.4. The van der Waals surface area contributed by atoms with Gasteiger partial charge in [-0.2, -0.15) is 0 Å². The standard InChI is InChI=1S/C42H55N7O4.C3H6O2.2C3H8.2C2H2.CH4/c1-9-24-47(38(50)12-4)27-29(7)45-35(11-3)33-20-18-31(19-21-33)30-14-16-32(17-15-30)34-22-23-36-37(25-34)49(43)41(46-36)40(28(6)10-2)48(13-5)39(51)26-44-42(52)53-8;1-3(4)5-2;2*1-3-2;2*1-2;/h11,14-23,25,28,40,45H,7,9-10,12-13,24,26-27,43H2,1-6,8H3,(H,44,52);1-2H3;2*3H2,1-2H3;2*1-2H;1H4/b35-11-;;;;;;/t28-,40-;;;;;;/m0....../s1. The Morgan fingerprint density at radius 1 is 0.812 bits per heavy atom. The van der Waals surface area contributed by atoms with Crippen LogP contribution in [0.4, 0.5) is 4.79 Å². The van der Waals surface area contributed by atoms with Gasteiger partial charge in [0.25, 0.3) is 0 Å². The van der Waals surface area contributed by atoms with Crippen LogP contribution < -0.4 is 16.5 Å². The second-order valence-electron chi connectivity index (χ2n) is 15.3. The highest BCUT2D eigenvalue weighted by atomic mass is 16.5. The monoisotopic (exact) mass is 952 g/mol. The summed E-state index contributed by atoms with van der Waals surface area (Å²) in [5.74, 6) is 7.01. The van der Waals surface area contributed by atoms with Crippen LogP contribution in [-0.4, -0.2) is 83.7 Å². The summed E-state index contributed by atoms with van der Waals surface area (Å²) in [5, 5.41) is 5.91. The molecular weight excluding hydrogens is 867 g/mol. The number of allylic oxidation sites excluding steroid dienone is 1. The fraction of sp³-hybridized carbons (Fsp3) is 0.446. The van der Waals surface area contributed by atoms with Gasteiger partial charge in [-0.15, -0.1) is 25.7 Å². The van der Waals surface area contributed by atoms with Crippen molar-refractivity contribution in [1.82, 2.24) is 30.1 Å². The molecule has 13 heteroatoms. The highest BCUT2D eigenvalue weighted by Gasteiger charge is 2.32. The first-order chi connectivity index (χ1) is 32.6. The summed E-state index contributed by atoms with van der Waals surface area (Å²) in [4.78, 5) is 55.3. The van der Waals surface area contributed by atoms with Crippen LogP contribution in [-0.2, 0) is 23.9 Å². The van der Waals surface area contributed by atoms with E-state index in [1.165, 1.54) is 34.0 Å². The fourth-order valence-corrected chi connectivity index (χ4v) is 6.53. The van der Waals surface area contributed by atoms with Crippen molar-refractivity contribution in [1.29, 1.82) is 0 Å². The minimum atomic E-state index is -0.661. The van der Waals surface area contributed by atoms with Gasteiger partial charge in [0, 0.05) is 37.8 Å². The van der Waals surface area contributed by atoms with E-state index >= 15 is 0 Å². The number of hydrogen-bond donors (Lipinski definition) is 3. The molecule has 0 aliphatic rings. The third kappa shape index (κ3) is 22.1. The molecular formula is C56H85N7O6. The number of carbonyl (C=O) groups excluding carboxylic acids is 4. The van der Waals surface area contributed by atoms with Gasteiger partial charge in [0.1, 0.15) is 6.54 Å². The van der Waals surface area contributed by atoms with Gasteiger partial charge in [0.05, 0.1) is 37.8 Å². The number of methoxy groups -OCH3 is 2. The molecule has 0 fully saturated rings. The number of esters is 1. The van der Waals surface area contributed by atoms with Crippen LogP contribution in [0.1, 0.15) is 133 Å². The number of terminal acetylenes is 2. The summed E-state index contributed by atoms with van der Waals surface area (Å²) < 4.78 is 10.3. The molecule has 380 valence electrons. The number of nitrogens with two attached hydrogens (primary N) is 1. The first-order valence-electron chi connectivity index (χ1n) is 23.3. The van der Waals surface area contributed by atoms with Crippen molar-refractivity contribution < 1.29 is 28.7 Å². The van der Waals surface area contributed by atoms with E-state index < -0.39 is 12.1 Å². The molecule has 69 heavy (non-hydrogen) atoms. The fourth-order valence-electron chi connectivity index (χ4n) is 6.53. The number of aromatic nitrogens is 2. The van der Waals surface area contributed by atoms with Gasteiger partial charge < -0.3 is 35.7 Å². The molecule has 0 unspecified atom stereocenters. The maximum atomic E-state index is 13.3. The number of ether oxygens (including phenoxy) is 2. The van der Waals surface area contributed by atoms with E-state index in [-0.39, 0.29) is 37.7 Å². The van der Waals surface area contributed by atoms with Gasteiger partial charge in [-0.1, -0.05) is 149 Å². The van der Waals surface area contributed by atoms with Crippen LogP contribution in [0.25, 0.3) is 39.0 Å². The highest BCUT2D eigenvalue weighted by molar-refractivity contribution is 5.85. The molecule has 1 aromatic heterocycles. The lowest BCUT2D eigenvalue weighted by Gasteiger charge is -2.34. The lowest BCUT2D eigenvalue weighted by atomic mass is 9.96. The molecule has 4 rings (SSSR count). The van der Waals surface area contributed by atoms with Gasteiger partial charge in [0.2, 0.25) is 11.8 Å². The van der Waals surface area contributed by atoms with Gasteiger partial charge in [-0.25, -0.2) is 14.5 Å². The van der Waals surface area contributed by atoms with Crippen LogP contribution in [0.3, 0.4) is 0 Å². The molecule has 0 aliphatic carbocycles. The minimum Gasteiger partial charge on any atom is -0.469 e. The number of alkyl carbamates (subject to hydrolysis) is 1. The molecule has 3 amide bonds. The third-order valence-electron chi connectivity index (χ3n) is 9.90. The van der Waals surface area contributed by atoms with E-state index in [0.717, 1.165) is 63.1 Å². The van der Waals surface area contributed by atoms with Crippen molar-refractivity contribution in [3.05, 3.63) is 96.5 Å². The van der Waals surface area contributed by atoms with Crippen LogP contribution in [0, 0.1) is 31.6 Å². The first kappa shape index (κ1) is 66.3. The predicted molar refractivity (Wildman–Crippen MR) is 290 cm³/mol. The van der Waals surface area contributed by atoms with Crippen LogP contribution in [0.2, 0.25) is 0 Å². The Labute approximate surface area is 416 Å². The van der Waals surface area contributed by atoms with Crippen LogP contribution >= 0.6 is 0 Å². The molecule has 1 heterocycles. The summed E-state index contributed by atoms with van der Waals surface area (Å²) in [6, 6.07) is 22.4. The third-order valence-corrected chi connectivity index (χ3v) is 9.90. The summed E-state index contributed by atoms with van der Waals surface area (Å²) in [6.07, 6.45) is 22.0. The molecule has 3 aromatic carbocycles. The van der Waals surface area contributed by atoms with E-state index in [9.17, 15) is 19.2 Å². The molecule has 0 saturated heterocycles. The molecule has 0 bridgehead atoms. The Morgan fingerprint density at radius 3 is 1.71 bits per heavy atom. The lowest BCUT2D eigenvalue weighted by molar-refractivity contribution is -0.138. The lowest BCUT2D eigenvalue weighted by Crippen LogP contribution is -2.45. The predicted octanol–water partition coefficient (Wildman–Crippen LogP) is 11.6. The molecule has 0 spiro atoms. The Kier molecular flexibility index (Phi) is 36.5. The van der Waals surface area contributed by atoms with E-state index in [1.807, 2.05) is 49.9 Å². The quantitative estimate of drug-likeness (QED) is 0.0531. The Hall–Kier alpha value is -6.99. The van der Waals surface area contributed by atoms with Crippen LogP contribution in [0.5, 0.6) is 0 Å². The minimum absolute atomic E-state index is 0. The van der Waals surface area contributed by atoms with Gasteiger partial charge in [-0.05, 0) is 66.1 Å². The van der Waals surface area contributed by atoms with Gasteiger partial charge in [-0.3, -0.25) is 14.4 Å². The molecule has 0 saturated carbocycles. The Bertz CT molecular complexity index is 2160. The number of rotatable bonds is 17. The van der Waals surface area contributed by atoms with Crippen molar-refractivity contribution in [2.75, 3.05) is 46.2 Å². The van der Waals surface area contributed by atoms with Crippen molar-refractivity contribution in [2.45, 2.75) is 122 Å². The molecule has 4 N–H and O–H groups in total. The molecule has 13 nitrogen and oxygen atoms in total. The summed E-state index contributed by atoms with van der Waals surface area (Å²) in [7, 11) is 2.61. The van der Waals surface area contributed by atoms with Crippen molar-refractivity contribution in [3.8, 4) is 47.9 Å². The van der Waals surface area contributed by atoms with Crippen molar-refractivity contribution >= 4 is 40.6 Å². The van der Waals surface area contributed by atoms with E-state index in [2.05, 4.69) is 149 Å². The molecule has 0 aliphatic heterocycles. The SMILES string of the molecule is C.C#C.C#C.C=C(CN(CCC)C(=O)CC)N/C(=C\C)c1ccc(-c2ccc(-c3ccc4nc([C@H]([C@@H](C)CC)N(CC)C(=O)CNC(=O)OC)n(N)c4c3)cc2)cc1.CCC.CCC.COC(C)=O. The molecule has 4 aromatic rings. The zero-order valence-corrected chi connectivity index (χ0v) is 43.3. The zero-order chi connectivity index (χ0) is 52.4. The van der Waals surface area contributed by atoms with Crippen molar-refractivity contribution in [2.24, 2.45) is 5.92 Å². The normalized spacial score (nSPS) is 10.7. The van der Waals surface area contributed by atoms with Crippen molar-refractivity contribution in [3.63, 3.8) is 0 Å². The Morgan fingerprint density at radius 2 is 1.29 bits per heavy atom. The number of imidazole rings is 1. The molecule has 0 radical (unpaired) electrons. The number of nitrogens with one attached hydrogen (secondary N) is 2. The summed E-state index contributed by atoms with van der Waals surface area (Å²) >= 11 is 0. The number of nitrogens with zero attached hydrogens (tertiary/aromatic N) is 4. The number of nitrogen functional groups attached to an aromatic ring is 1. The maximum Gasteiger partial charge on any atom is 0.407 e. The largest absolute Gasteiger partial charge is 0.469 e. The number of likely N-dealkylation sites (N-methyl/N-ethyl adjacent to an activating group) is 1. The van der Waals surface area contributed by atoms with E-state index in [4.69, 9.17) is 10.8 Å². The highest BCUT2D eigenvalue weighted by Crippen LogP contribution is 2.34. The van der Waals surface area contributed by atoms with E-state index in [0.29, 0.717) is 31.9 Å². The van der Waals surface area contributed by atoms with Gasteiger partial charge in [0.15, 0.2) is 5.82 Å². The first-order valence-corrected chi connectivity index (χ1v) is 23.3. The number of fused-ring (bicyclic) bond motifs is 1. The number of benzene rings is 3. The second-order valence-corrected chi connectivity index (χ2v) is 15.3. The van der Waals surface area contributed by atoms with Gasteiger partial charge >= 0.3 is 12.1 Å². The second kappa shape index (κ2) is 38.0. The average molecular weight is 952 g/mol. The maximum absolute atomic E-state index is 13.3. The number of amides is 3. The number of hydrogen-bond acceptors (Lipinski definition) is 9. The number of carbonyl (C=O) groups is 4. The summed E-state index contributed by atoms with van der Waals surface area (Å²) in [5.41, 5.74) is 8.44. The zero-order valence-electron chi connectivity index (χ0n) is 43.3. The topological polar surface area (TPSA) is 161 Å². The Balaban J connectivity index is -0.00000241.